The number of carboxylic acids is 1. The molecule has 0 fully saturated rings. The molecule has 7 nitrogen and oxygen atoms in total. The Morgan fingerprint density at radius 3 is 2.76 bits per heavy atom. The molecule has 0 saturated carbocycles. The molecule has 1 atom stereocenters. The van der Waals surface area contributed by atoms with Gasteiger partial charge in [0, 0.05) is 13.6 Å². The second kappa shape index (κ2) is 6.34. The van der Waals surface area contributed by atoms with E-state index < -0.39 is 18.0 Å². The van der Waals surface area contributed by atoms with Gasteiger partial charge in [-0.1, -0.05) is 13.0 Å². The fourth-order valence-electron chi connectivity index (χ4n) is 2.11. The monoisotopic (exact) mass is 294 g/mol. The van der Waals surface area contributed by atoms with E-state index in [0.717, 1.165) is 5.56 Å². The number of ether oxygens (including phenoxy) is 2. The van der Waals surface area contributed by atoms with Crippen molar-refractivity contribution >= 4 is 12.0 Å². The van der Waals surface area contributed by atoms with Crippen LogP contribution in [0.15, 0.2) is 18.2 Å². The Labute approximate surface area is 122 Å². The second-order valence-electron chi connectivity index (χ2n) is 4.72. The van der Waals surface area contributed by atoms with Crippen molar-refractivity contribution < 1.29 is 24.2 Å². The summed E-state index contributed by atoms with van der Waals surface area (Å²) in [6.07, 6.45) is 0.350. The molecular weight excluding hydrogens is 276 g/mol. The third kappa shape index (κ3) is 3.36. The van der Waals surface area contributed by atoms with Crippen LogP contribution in [0.5, 0.6) is 11.5 Å². The highest BCUT2D eigenvalue weighted by molar-refractivity contribution is 5.82. The molecule has 0 aromatic heterocycles. The van der Waals surface area contributed by atoms with Crippen LogP contribution in [0.3, 0.4) is 0 Å². The van der Waals surface area contributed by atoms with Crippen LogP contribution in [0.4, 0.5) is 4.79 Å². The number of aliphatic carboxylic acids is 1. The summed E-state index contributed by atoms with van der Waals surface area (Å²) in [6, 6.07) is 4.13. The Bertz CT molecular complexity index is 546. The van der Waals surface area contributed by atoms with Crippen LogP contribution in [0.25, 0.3) is 0 Å². The maximum absolute atomic E-state index is 12.0. The Hall–Kier alpha value is -2.44. The van der Waals surface area contributed by atoms with Gasteiger partial charge in [0.05, 0.1) is 0 Å². The molecule has 0 bridgehead atoms. The minimum absolute atomic E-state index is 0.199. The summed E-state index contributed by atoms with van der Waals surface area (Å²) in [5, 5.41) is 11.7. The van der Waals surface area contributed by atoms with E-state index in [1.807, 2.05) is 6.07 Å². The first-order chi connectivity index (χ1) is 10.0. The van der Waals surface area contributed by atoms with E-state index in [4.69, 9.17) is 14.6 Å². The summed E-state index contributed by atoms with van der Waals surface area (Å²) in [5.74, 6) is 0.310. The van der Waals surface area contributed by atoms with Gasteiger partial charge in [0.2, 0.25) is 6.79 Å². The summed E-state index contributed by atoms with van der Waals surface area (Å²) >= 11 is 0. The maximum atomic E-state index is 12.0. The van der Waals surface area contributed by atoms with Crippen LogP contribution >= 0.6 is 0 Å². The summed E-state index contributed by atoms with van der Waals surface area (Å²) < 4.78 is 10.5. The van der Waals surface area contributed by atoms with Crippen LogP contribution in [0, 0.1) is 0 Å². The molecule has 2 N–H and O–H groups in total. The van der Waals surface area contributed by atoms with Crippen molar-refractivity contribution in [3.8, 4) is 11.5 Å². The number of fused-ring (bicyclic) bond motifs is 1. The SMILES string of the molecule is CCC(C(=O)O)N(C)C(=O)NCc1ccc2c(c1)OCO2. The maximum Gasteiger partial charge on any atom is 0.326 e. The molecule has 0 radical (unpaired) electrons. The van der Waals surface area contributed by atoms with Gasteiger partial charge in [-0.25, -0.2) is 9.59 Å². The van der Waals surface area contributed by atoms with Gasteiger partial charge in [0.15, 0.2) is 11.5 Å². The topological polar surface area (TPSA) is 88.1 Å². The summed E-state index contributed by atoms with van der Waals surface area (Å²) in [4.78, 5) is 24.2. The fourth-order valence-corrected chi connectivity index (χ4v) is 2.11. The number of rotatable bonds is 5. The van der Waals surface area contributed by atoms with E-state index in [9.17, 15) is 9.59 Å². The first-order valence-corrected chi connectivity index (χ1v) is 6.65. The van der Waals surface area contributed by atoms with Gasteiger partial charge in [-0.2, -0.15) is 0 Å². The largest absolute Gasteiger partial charge is 0.480 e. The fraction of sp³-hybridized carbons (Fsp3) is 0.429. The van der Waals surface area contributed by atoms with Gasteiger partial charge in [-0.05, 0) is 24.1 Å². The van der Waals surface area contributed by atoms with E-state index in [2.05, 4.69) is 5.32 Å². The number of benzene rings is 1. The second-order valence-corrected chi connectivity index (χ2v) is 4.72. The molecule has 2 amide bonds. The number of hydrogen-bond acceptors (Lipinski definition) is 4. The lowest BCUT2D eigenvalue weighted by Gasteiger charge is -2.24. The molecule has 1 aromatic rings. The quantitative estimate of drug-likeness (QED) is 0.857. The highest BCUT2D eigenvalue weighted by Gasteiger charge is 2.24. The molecule has 1 aliphatic heterocycles. The van der Waals surface area contributed by atoms with E-state index in [1.54, 1.807) is 19.1 Å². The summed E-state index contributed by atoms with van der Waals surface area (Å²) in [7, 11) is 1.47. The summed E-state index contributed by atoms with van der Waals surface area (Å²) in [6.45, 7) is 2.21. The minimum atomic E-state index is -1.02. The number of carboxylic acid groups (broad SMARTS) is 1. The smallest absolute Gasteiger partial charge is 0.326 e. The van der Waals surface area contributed by atoms with Crippen LogP contribution in [0.2, 0.25) is 0 Å². The molecule has 0 spiro atoms. The van der Waals surface area contributed by atoms with Crippen molar-refractivity contribution in [3.63, 3.8) is 0 Å². The molecule has 2 rings (SSSR count). The predicted octanol–water partition coefficient (Wildman–Crippen LogP) is 1.42. The number of amides is 2. The highest BCUT2D eigenvalue weighted by Crippen LogP contribution is 2.32. The molecule has 0 aliphatic carbocycles. The number of carbonyl (C=O) groups excluding carboxylic acids is 1. The number of carbonyl (C=O) groups is 2. The Kier molecular flexibility index (Phi) is 4.52. The Balaban J connectivity index is 1.93. The van der Waals surface area contributed by atoms with Crippen molar-refractivity contribution in [2.75, 3.05) is 13.8 Å². The number of nitrogens with one attached hydrogen (secondary N) is 1. The molecule has 1 unspecified atom stereocenters. The third-order valence-corrected chi connectivity index (χ3v) is 3.34. The van der Waals surface area contributed by atoms with Gasteiger partial charge in [-0.15, -0.1) is 0 Å². The zero-order valence-electron chi connectivity index (χ0n) is 12.0. The van der Waals surface area contributed by atoms with Crippen LogP contribution < -0.4 is 14.8 Å². The molecule has 1 heterocycles. The van der Waals surface area contributed by atoms with E-state index >= 15 is 0 Å². The van der Waals surface area contributed by atoms with Crippen molar-refractivity contribution in [1.29, 1.82) is 0 Å². The standard InChI is InChI=1S/C14H18N2O5/c1-3-10(13(17)18)16(2)14(19)15-7-9-4-5-11-12(6-9)21-8-20-11/h4-6,10H,3,7-8H2,1-2H3,(H,15,19)(H,17,18). The lowest BCUT2D eigenvalue weighted by Crippen LogP contribution is -2.46. The number of urea groups is 1. The average Bonchev–Trinajstić information content (AvgIpc) is 2.92. The number of hydrogen-bond donors (Lipinski definition) is 2. The molecule has 0 saturated heterocycles. The van der Waals surface area contributed by atoms with E-state index in [0.29, 0.717) is 17.9 Å². The molecule has 7 heteroatoms. The molecule has 21 heavy (non-hydrogen) atoms. The zero-order valence-corrected chi connectivity index (χ0v) is 12.0. The predicted molar refractivity (Wildman–Crippen MR) is 74.3 cm³/mol. The lowest BCUT2D eigenvalue weighted by atomic mass is 10.2. The molecule has 1 aromatic carbocycles. The average molecular weight is 294 g/mol. The van der Waals surface area contributed by atoms with Crippen molar-refractivity contribution in [3.05, 3.63) is 23.8 Å². The molecule has 114 valence electrons. The number of nitrogens with zero attached hydrogens (tertiary/aromatic N) is 1. The van der Waals surface area contributed by atoms with Crippen molar-refractivity contribution in [2.24, 2.45) is 0 Å². The van der Waals surface area contributed by atoms with E-state index in [1.165, 1.54) is 11.9 Å². The third-order valence-electron chi connectivity index (χ3n) is 3.34. The van der Waals surface area contributed by atoms with E-state index in [-0.39, 0.29) is 13.3 Å². The normalized spacial score (nSPS) is 13.6. The Morgan fingerprint density at radius 1 is 1.38 bits per heavy atom. The van der Waals surface area contributed by atoms with Gasteiger partial charge in [0.25, 0.3) is 0 Å². The van der Waals surface area contributed by atoms with Gasteiger partial charge >= 0.3 is 12.0 Å². The van der Waals surface area contributed by atoms with Crippen molar-refractivity contribution in [2.45, 2.75) is 25.9 Å². The Morgan fingerprint density at radius 2 is 2.10 bits per heavy atom. The van der Waals surface area contributed by atoms with Gasteiger partial charge in [-0.3, -0.25) is 0 Å². The van der Waals surface area contributed by atoms with Crippen LogP contribution in [0.1, 0.15) is 18.9 Å². The van der Waals surface area contributed by atoms with Crippen LogP contribution in [-0.2, 0) is 11.3 Å². The van der Waals surface area contributed by atoms with Gasteiger partial charge in [0.1, 0.15) is 6.04 Å². The van der Waals surface area contributed by atoms with Crippen molar-refractivity contribution in [1.82, 2.24) is 10.2 Å². The molecular formula is C14H18N2O5. The minimum Gasteiger partial charge on any atom is -0.480 e. The van der Waals surface area contributed by atoms with Gasteiger partial charge < -0.3 is 24.8 Å². The molecule has 1 aliphatic rings. The zero-order chi connectivity index (χ0) is 15.4. The first kappa shape index (κ1) is 15.0. The lowest BCUT2D eigenvalue weighted by molar-refractivity contribution is -0.141. The van der Waals surface area contributed by atoms with Crippen LogP contribution in [-0.4, -0.2) is 41.9 Å². The summed E-state index contributed by atoms with van der Waals surface area (Å²) in [5.41, 5.74) is 0.851. The number of likely N-dealkylation sites (N-methyl/N-ethyl adjacent to an activating group) is 1. The first-order valence-electron chi connectivity index (χ1n) is 6.65. The highest BCUT2D eigenvalue weighted by atomic mass is 16.7.